The number of carbonyl (C=O) groups is 1. The largest absolute Gasteiger partial charge is 0.417 e. The maximum Gasteiger partial charge on any atom is 0.417 e. The number of hydrogen-bond acceptors (Lipinski definition) is 3. The van der Waals surface area contributed by atoms with Crippen LogP contribution in [0.3, 0.4) is 0 Å². The normalized spacial score (nSPS) is 10.6. The Kier molecular flexibility index (Phi) is 3.09. The summed E-state index contributed by atoms with van der Waals surface area (Å²) in [5.74, 6) is -0.614. The number of nitrogens with one attached hydrogen (secondary N) is 2. The van der Waals surface area contributed by atoms with E-state index in [1.165, 1.54) is 0 Å². The SMILES string of the molecule is O=C(NCc1ccc2oc(=O)[nH]c2c1)c1ccccc1. The standard InChI is InChI=1S/C15H12N2O3/c18-14(11-4-2-1-3-5-11)16-9-10-6-7-13-12(8-10)17-15(19)20-13/h1-8H,9H2,(H,16,18)(H,17,19). The van der Waals surface area contributed by atoms with Crippen molar-refractivity contribution in [3.8, 4) is 0 Å². The van der Waals surface area contributed by atoms with Gasteiger partial charge in [-0.3, -0.25) is 9.78 Å². The van der Waals surface area contributed by atoms with Gasteiger partial charge < -0.3 is 9.73 Å². The first-order valence-electron chi connectivity index (χ1n) is 6.17. The third-order valence-electron chi connectivity index (χ3n) is 2.97. The molecule has 5 nitrogen and oxygen atoms in total. The minimum absolute atomic E-state index is 0.133. The van der Waals surface area contributed by atoms with Crippen molar-refractivity contribution < 1.29 is 9.21 Å². The number of H-pyrrole nitrogens is 1. The number of fused-ring (bicyclic) bond motifs is 1. The number of aromatic amines is 1. The van der Waals surface area contributed by atoms with Gasteiger partial charge in [0.05, 0.1) is 5.52 Å². The minimum Gasteiger partial charge on any atom is -0.408 e. The number of benzene rings is 2. The van der Waals surface area contributed by atoms with E-state index in [1.54, 1.807) is 24.3 Å². The van der Waals surface area contributed by atoms with Crippen LogP contribution in [-0.4, -0.2) is 10.9 Å². The maximum absolute atomic E-state index is 11.9. The van der Waals surface area contributed by atoms with E-state index >= 15 is 0 Å². The van der Waals surface area contributed by atoms with Gasteiger partial charge in [0, 0.05) is 12.1 Å². The van der Waals surface area contributed by atoms with Crippen LogP contribution in [0.2, 0.25) is 0 Å². The molecule has 2 aromatic carbocycles. The Morgan fingerprint density at radius 1 is 1.15 bits per heavy atom. The van der Waals surface area contributed by atoms with E-state index < -0.39 is 5.76 Å². The molecule has 0 aliphatic heterocycles. The lowest BCUT2D eigenvalue weighted by Crippen LogP contribution is -2.22. The topological polar surface area (TPSA) is 75.1 Å². The van der Waals surface area contributed by atoms with Crippen molar-refractivity contribution in [1.82, 2.24) is 10.3 Å². The second kappa shape index (κ2) is 5.05. The zero-order valence-electron chi connectivity index (χ0n) is 10.6. The number of carbonyl (C=O) groups excluding carboxylic acids is 1. The molecule has 1 aromatic heterocycles. The molecule has 0 unspecified atom stereocenters. The average molecular weight is 268 g/mol. The lowest BCUT2D eigenvalue weighted by molar-refractivity contribution is 0.0951. The summed E-state index contributed by atoms with van der Waals surface area (Å²) in [7, 11) is 0. The van der Waals surface area contributed by atoms with E-state index in [9.17, 15) is 9.59 Å². The number of amides is 1. The molecule has 0 aliphatic rings. The third-order valence-corrected chi connectivity index (χ3v) is 2.97. The fourth-order valence-corrected chi connectivity index (χ4v) is 1.98. The summed E-state index contributed by atoms with van der Waals surface area (Å²) in [5.41, 5.74) is 2.64. The van der Waals surface area contributed by atoms with Crippen LogP contribution in [0, 0.1) is 0 Å². The van der Waals surface area contributed by atoms with Gasteiger partial charge in [-0.1, -0.05) is 24.3 Å². The summed E-state index contributed by atoms with van der Waals surface area (Å²) in [6.07, 6.45) is 0. The van der Waals surface area contributed by atoms with Crippen molar-refractivity contribution in [3.05, 3.63) is 70.2 Å². The van der Waals surface area contributed by atoms with E-state index in [0.29, 0.717) is 23.2 Å². The first-order chi connectivity index (χ1) is 9.72. The zero-order chi connectivity index (χ0) is 13.9. The minimum atomic E-state index is -0.481. The van der Waals surface area contributed by atoms with E-state index in [0.717, 1.165) is 5.56 Å². The predicted octanol–water partition coefficient (Wildman–Crippen LogP) is 2.05. The van der Waals surface area contributed by atoms with Gasteiger partial charge in [0.25, 0.3) is 5.91 Å². The van der Waals surface area contributed by atoms with Gasteiger partial charge in [0.15, 0.2) is 5.58 Å². The Hall–Kier alpha value is -2.82. The monoisotopic (exact) mass is 268 g/mol. The molecule has 0 spiro atoms. The van der Waals surface area contributed by atoms with Crippen molar-refractivity contribution in [2.24, 2.45) is 0 Å². The summed E-state index contributed by atoms with van der Waals surface area (Å²) in [6.45, 7) is 0.386. The van der Waals surface area contributed by atoms with Crippen LogP contribution in [0.4, 0.5) is 0 Å². The molecule has 0 atom stereocenters. The second-order valence-electron chi connectivity index (χ2n) is 4.39. The van der Waals surface area contributed by atoms with E-state index in [2.05, 4.69) is 10.3 Å². The van der Waals surface area contributed by atoms with Crippen LogP contribution in [0.15, 0.2) is 57.7 Å². The van der Waals surface area contributed by atoms with Crippen LogP contribution in [0.5, 0.6) is 0 Å². The zero-order valence-corrected chi connectivity index (χ0v) is 10.6. The molecule has 0 bridgehead atoms. The molecular weight excluding hydrogens is 256 g/mol. The highest BCUT2D eigenvalue weighted by atomic mass is 16.4. The van der Waals surface area contributed by atoms with Crippen LogP contribution in [-0.2, 0) is 6.54 Å². The van der Waals surface area contributed by atoms with Gasteiger partial charge in [-0.25, -0.2) is 4.79 Å². The lowest BCUT2D eigenvalue weighted by Gasteiger charge is -2.05. The Labute approximate surface area is 114 Å². The van der Waals surface area contributed by atoms with Gasteiger partial charge >= 0.3 is 5.76 Å². The molecule has 1 amide bonds. The number of rotatable bonds is 3. The van der Waals surface area contributed by atoms with Gasteiger partial charge in [-0.2, -0.15) is 0 Å². The fourth-order valence-electron chi connectivity index (χ4n) is 1.98. The lowest BCUT2D eigenvalue weighted by atomic mass is 10.2. The molecule has 5 heteroatoms. The maximum atomic E-state index is 11.9. The van der Waals surface area contributed by atoms with Crippen molar-refractivity contribution >= 4 is 17.0 Å². The van der Waals surface area contributed by atoms with Crippen molar-refractivity contribution in [2.45, 2.75) is 6.54 Å². The Morgan fingerprint density at radius 3 is 2.75 bits per heavy atom. The average Bonchev–Trinajstić information content (AvgIpc) is 2.85. The van der Waals surface area contributed by atoms with Gasteiger partial charge in [0.1, 0.15) is 0 Å². The Bertz CT molecular complexity index is 803. The van der Waals surface area contributed by atoms with E-state index in [-0.39, 0.29) is 5.91 Å². The molecule has 100 valence electrons. The summed E-state index contributed by atoms with van der Waals surface area (Å²) in [6, 6.07) is 14.3. The third kappa shape index (κ3) is 2.47. The van der Waals surface area contributed by atoms with E-state index in [1.807, 2.05) is 24.3 Å². The molecular formula is C15H12N2O3. The second-order valence-corrected chi connectivity index (χ2v) is 4.39. The highest BCUT2D eigenvalue weighted by Crippen LogP contribution is 2.12. The van der Waals surface area contributed by atoms with E-state index in [4.69, 9.17) is 4.42 Å². The molecule has 1 heterocycles. The summed E-state index contributed by atoms with van der Waals surface area (Å²) in [4.78, 5) is 25.5. The summed E-state index contributed by atoms with van der Waals surface area (Å²) in [5, 5.41) is 2.83. The Balaban J connectivity index is 1.73. The molecule has 0 saturated heterocycles. The molecule has 0 saturated carbocycles. The smallest absolute Gasteiger partial charge is 0.408 e. The van der Waals surface area contributed by atoms with Gasteiger partial charge in [-0.05, 0) is 29.8 Å². The molecule has 2 N–H and O–H groups in total. The molecule has 3 aromatic rings. The first-order valence-corrected chi connectivity index (χ1v) is 6.17. The molecule has 20 heavy (non-hydrogen) atoms. The van der Waals surface area contributed by atoms with Crippen molar-refractivity contribution in [3.63, 3.8) is 0 Å². The van der Waals surface area contributed by atoms with Crippen LogP contribution < -0.4 is 11.1 Å². The van der Waals surface area contributed by atoms with Crippen molar-refractivity contribution in [2.75, 3.05) is 0 Å². The molecule has 0 aliphatic carbocycles. The molecule has 0 radical (unpaired) electrons. The quantitative estimate of drug-likeness (QED) is 0.763. The Morgan fingerprint density at radius 2 is 1.95 bits per heavy atom. The summed E-state index contributed by atoms with van der Waals surface area (Å²) >= 11 is 0. The predicted molar refractivity (Wildman–Crippen MR) is 74.4 cm³/mol. The molecule has 0 fully saturated rings. The first kappa shape index (κ1) is 12.2. The van der Waals surface area contributed by atoms with Gasteiger partial charge in [0.2, 0.25) is 0 Å². The molecule has 3 rings (SSSR count). The number of oxazole rings is 1. The van der Waals surface area contributed by atoms with Crippen LogP contribution in [0.25, 0.3) is 11.1 Å². The number of aromatic nitrogens is 1. The van der Waals surface area contributed by atoms with Crippen LogP contribution >= 0.6 is 0 Å². The van der Waals surface area contributed by atoms with Gasteiger partial charge in [-0.15, -0.1) is 0 Å². The van der Waals surface area contributed by atoms with Crippen LogP contribution in [0.1, 0.15) is 15.9 Å². The highest BCUT2D eigenvalue weighted by Gasteiger charge is 2.05. The highest BCUT2D eigenvalue weighted by molar-refractivity contribution is 5.94. The fraction of sp³-hybridized carbons (Fsp3) is 0.0667. The number of hydrogen-bond donors (Lipinski definition) is 2. The van der Waals surface area contributed by atoms with Crippen molar-refractivity contribution in [1.29, 1.82) is 0 Å². The summed E-state index contributed by atoms with van der Waals surface area (Å²) < 4.78 is 4.92.